The number of rotatable bonds is 1. The van der Waals surface area contributed by atoms with Crippen LogP contribution >= 0.6 is 11.6 Å². The van der Waals surface area contributed by atoms with Crippen molar-refractivity contribution in [3.05, 3.63) is 24.0 Å². The maximum Gasteiger partial charge on any atom is 0.229 e. The van der Waals surface area contributed by atoms with Crippen molar-refractivity contribution < 1.29 is 0 Å². The summed E-state index contributed by atoms with van der Waals surface area (Å²) >= 11 is 5.74. The minimum atomic E-state index is 0.336. The average Bonchev–Trinajstić information content (AvgIpc) is 2.58. The fraction of sp³-hybridized carbons (Fsp3) is 0.167. The fourth-order valence-corrected chi connectivity index (χ4v) is 1.11. The van der Waals surface area contributed by atoms with Gasteiger partial charge in [0.05, 0.1) is 11.9 Å². The SMILES string of the molecule is Cn1cc(-n2cnnc2Cl)cn1. The molecule has 0 aliphatic heterocycles. The van der Waals surface area contributed by atoms with Gasteiger partial charge in [-0.05, 0) is 11.6 Å². The maximum atomic E-state index is 5.74. The summed E-state index contributed by atoms with van der Waals surface area (Å²) in [6.45, 7) is 0. The Kier molecular flexibility index (Phi) is 1.58. The van der Waals surface area contributed by atoms with E-state index >= 15 is 0 Å². The lowest BCUT2D eigenvalue weighted by Crippen LogP contribution is -1.90. The molecule has 0 saturated carbocycles. The van der Waals surface area contributed by atoms with E-state index in [9.17, 15) is 0 Å². The van der Waals surface area contributed by atoms with Crippen LogP contribution < -0.4 is 0 Å². The molecule has 5 nitrogen and oxygen atoms in total. The van der Waals surface area contributed by atoms with Gasteiger partial charge in [0.15, 0.2) is 0 Å². The monoisotopic (exact) mass is 183 g/mol. The van der Waals surface area contributed by atoms with Crippen LogP contribution in [0.25, 0.3) is 5.69 Å². The summed E-state index contributed by atoms with van der Waals surface area (Å²) in [7, 11) is 1.84. The van der Waals surface area contributed by atoms with Crippen molar-refractivity contribution in [3.63, 3.8) is 0 Å². The van der Waals surface area contributed by atoms with E-state index in [1.807, 2.05) is 13.2 Å². The molecule has 0 unspecified atom stereocenters. The topological polar surface area (TPSA) is 48.5 Å². The molecule has 0 spiro atoms. The van der Waals surface area contributed by atoms with Gasteiger partial charge < -0.3 is 0 Å². The molecule has 0 bridgehead atoms. The molecule has 2 aromatic rings. The van der Waals surface area contributed by atoms with Gasteiger partial charge in [0.25, 0.3) is 0 Å². The number of aryl methyl sites for hydroxylation is 1. The van der Waals surface area contributed by atoms with Gasteiger partial charge in [0, 0.05) is 13.2 Å². The molecule has 0 radical (unpaired) electrons. The van der Waals surface area contributed by atoms with Gasteiger partial charge in [-0.3, -0.25) is 9.25 Å². The van der Waals surface area contributed by atoms with Crippen LogP contribution in [0.5, 0.6) is 0 Å². The second-order valence-electron chi connectivity index (χ2n) is 2.34. The molecule has 0 aromatic carbocycles. The Balaban J connectivity index is 2.50. The Hall–Kier alpha value is -1.36. The molecular formula is C6H6ClN5. The first-order valence-electron chi connectivity index (χ1n) is 3.32. The Labute approximate surface area is 73.6 Å². The molecule has 2 heterocycles. The maximum absolute atomic E-state index is 5.74. The van der Waals surface area contributed by atoms with Crippen LogP contribution in [0.15, 0.2) is 18.7 Å². The van der Waals surface area contributed by atoms with Crippen molar-refractivity contribution in [2.24, 2.45) is 7.05 Å². The van der Waals surface area contributed by atoms with Crippen LogP contribution in [0.4, 0.5) is 0 Å². The first kappa shape index (κ1) is 7.30. The van der Waals surface area contributed by atoms with Crippen molar-refractivity contribution >= 4 is 11.6 Å². The third-order valence-electron chi connectivity index (χ3n) is 1.48. The highest BCUT2D eigenvalue weighted by Gasteiger charge is 2.03. The molecule has 0 saturated heterocycles. The second kappa shape index (κ2) is 2.60. The van der Waals surface area contributed by atoms with Crippen molar-refractivity contribution in [2.75, 3.05) is 0 Å². The molecule has 0 aliphatic rings. The lowest BCUT2D eigenvalue weighted by atomic mass is 10.6. The molecular weight excluding hydrogens is 178 g/mol. The van der Waals surface area contributed by atoms with Gasteiger partial charge in [0.2, 0.25) is 5.28 Å². The summed E-state index contributed by atoms with van der Waals surface area (Å²) < 4.78 is 3.33. The number of nitrogens with zero attached hydrogens (tertiary/aromatic N) is 5. The fourth-order valence-electron chi connectivity index (χ4n) is 0.927. The molecule has 12 heavy (non-hydrogen) atoms. The molecule has 2 aromatic heterocycles. The van der Waals surface area contributed by atoms with E-state index < -0.39 is 0 Å². The lowest BCUT2D eigenvalue weighted by molar-refractivity contribution is 0.767. The van der Waals surface area contributed by atoms with Crippen LogP contribution in [0.2, 0.25) is 5.28 Å². The number of hydrogen-bond acceptors (Lipinski definition) is 3. The molecule has 0 fully saturated rings. The zero-order chi connectivity index (χ0) is 8.55. The predicted molar refractivity (Wildman–Crippen MR) is 43.1 cm³/mol. The van der Waals surface area contributed by atoms with Gasteiger partial charge in [-0.1, -0.05) is 0 Å². The Morgan fingerprint density at radius 2 is 2.33 bits per heavy atom. The average molecular weight is 184 g/mol. The van der Waals surface area contributed by atoms with E-state index in [1.54, 1.807) is 21.8 Å². The molecule has 0 N–H and O–H groups in total. The number of halogens is 1. The molecule has 0 aliphatic carbocycles. The smallest absolute Gasteiger partial charge is 0.229 e. The minimum Gasteiger partial charge on any atom is -0.274 e. The summed E-state index contributed by atoms with van der Waals surface area (Å²) in [6, 6.07) is 0. The van der Waals surface area contributed by atoms with Gasteiger partial charge in [-0.2, -0.15) is 5.10 Å². The van der Waals surface area contributed by atoms with Gasteiger partial charge in [0.1, 0.15) is 6.33 Å². The summed E-state index contributed by atoms with van der Waals surface area (Å²) in [5, 5.41) is 11.6. The van der Waals surface area contributed by atoms with E-state index in [0.717, 1.165) is 5.69 Å². The van der Waals surface area contributed by atoms with Gasteiger partial charge >= 0.3 is 0 Å². The van der Waals surface area contributed by atoms with Crippen molar-refractivity contribution in [3.8, 4) is 5.69 Å². The van der Waals surface area contributed by atoms with Crippen molar-refractivity contribution in [1.29, 1.82) is 0 Å². The number of aromatic nitrogens is 5. The van der Waals surface area contributed by atoms with Crippen LogP contribution in [-0.4, -0.2) is 24.5 Å². The van der Waals surface area contributed by atoms with Gasteiger partial charge in [-0.15, -0.1) is 10.2 Å². The third-order valence-corrected chi connectivity index (χ3v) is 1.73. The molecule has 6 heteroatoms. The Morgan fingerprint density at radius 1 is 1.50 bits per heavy atom. The molecule has 0 amide bonds. The lowest BCUT2D eigenvalue weighted by Gasteiger charge is -1.94. The Bertz CT molecular complexity index is 390. The predicted octanol–water partition coefficient (Wildman–Crippen LogP) is 0.654. The van der Waals surface area contributed by atoms with E-state index in [1.165, 1.54) is 0 Å². The quantitative estimate of drug-likeness (QED) is 0.653. The van der Waals surface area contributed by atoms with E-state index in [-0.39, 0.29) is 0 Å². The summed E-state index contributed by atoms with van der Waals surface area (Å²) in [5.74, 6) is 0. The third kappa shape index (κ3) is 1.08. The van der Waals surface area contributed by atoms with Crippen LogP contribution in [0.1, 0.15) is 0 Å². The Morgan fingerprint density at radius 3 is 2.83 bits per heavy atom. The van der Waals surface area contributed by atoms with Crippen molar-refractivity contribution in [1.82, 2.24) is 24.5 Å². The zero-order valence-electron chi connectivity index (χ0n) is 6.35. The summed E-state index contributed by atoms with van der Waals surface area (Å²) in [5.41, 5.74) is 0.854. The zero-order valence-corrected chi connectivity index (χ0v) is 7.10. The standard InChI is InChI=1S/C6H6ClN5/c1-11-3-5(2-9-11)12-4-8-10-6(12)7/h2-4H,1H3. The molecule has 0 atom stereocenters. The van der Waals surface area contributed by atoms with E-state index in [4.69, 9.17) is 11.6 Å². The first-order chi connectivity index (χ1) is 5.77. The number of hydrogen-bond donors (Lipinski definition) is 0. The molecule has 62 valence electrons. The van der Waals surface area contributed by atoms with Crippen molar-refractivity contribution in [2.45, 2.75) is 0 Å². The summed E-state index contributed by atoms with van der Waals surface area (Å²) in [6.07, 6.45) is 5.06. The van der Waals surface area contributed by atoms with Gasteiger partial charge in [-0.25, -0.2) is 0 Å². The largest absolute Gasteiger partial charge is 0.274 e. The first-order valence-corrected chi connectivity index (χ1v) is 3.70. The highest BCUT2D eigenvalue weighted by atomic mass is 35.5. The minimum absolute atomic E-state index is 0.336. The molecule has 2 rings (SSSR count). The van der Waals surface area contributed by atoms with Crippen LogP contribution in [0.3, 0.4) is 0 Å². The van der Waals surface area contributed by atoms with E-state index in [0.29, 0.717) is 5.28 Å². The second-order valence-corrected chi connectivity index (χ2v) is 2.68. The normalized spacial score (nSPS) is 10.5. The summed E-state index contributed by atoms with van der Waals surface area (Å²) in [4.78, 5) is 0. The van der Waals surface area contributed by atoms with Crippen LogP contribution in [-0.2, 0) is 7.05 Å². The van der Waals surface area contributed by atoms with E-state index in [2.05, 4.69) is 15.3 Å². The highest BCUT2D eigenvalue weighted by Crippen LogP contribution is 2.11. The van der Waals surface area contributed by atoms with Crippen LogP contribution in [0, 0.1) is 0 Å². The highest BCUT2D eigenvalue weighted by molar-refractivity contribution is 6.28.